The van der Waals surface area contributed by atoms with E-state index in [1.165, 1.54) is 0 Å². The van der Waals surface area contributed by atoms with Gasteiger partial charge in [0.25, 0.3) is 0 Å². The molecule has 17 heavy (non-hydrogen) atoms. The Labute approximate surface area is 93.9 Å². The fourth-order valence-corrected chi connectivity index (χ4v) is 1.54. The Balaban J connectivity index is 2.77. The summed E-state index contributed by atoms with van der Waals surface area (Å²) >= 11 is 0. The van der Waals surface area contributed by atoms with Crippen LogP contribution >= 0.6 is 0 Å². The van der Waals surface area contributed by atoms with Crippen molar-refractivity contribution in [1.29, 1.82) is 0 Å². The number of benzene rings is 2. The third-order valence-corrected chi connectivity index (χ3v) is 2.24. The summed E-state index contributed by atoms with van der Waals surface area (Å²) in [6.07, 6.45) is 0. The van der Waals surface area contributed by atoms with Gasteiger partial charge in [-0.15, -0.1) is 0 Å². The molecule has 5 heteroatoms. The molecule has 2 aromatic carbocycles. The summed E-state index contributed by atoms with van der Waals surface area (Å²) in [5.74, 6) is -5.26. The van der Waals surface area contributed by atoms with E-state index in [4.69, 9.17) is 5.11 Å². The number of hydrogen-bond acceptors (Lipinski definition) is 1. The van der Waals surface area contributed by atoms with E-state index < -0.39 is 40.1 Å². The van der Waals surface area contributed by atoms with Crippen LogP contribution < -0.4 is 0 Å². The number of phenols is 1. The second kappa shape index (κ2) is 4.08. The van der Waals surface area contributed by atoms with Gasteiger partial charge in [0.15, 0.2) is 0 Å². The van der Waals surface area contributed by atoms with Crippen LogP contribution in [0.2, 0.25) is 0 Å². The lowest BCUT2D eigenvalue weighted by Gasteiger charge is -2.08. The first kappa shape index (κ1) is 11.4. The molecule has 1 nitrogen and oxygen atoms in total. The van der Waals surface area contributed by atoms with Gasteiger partial charge in [0, 0.05) is 12.1 Å². The van der Waals surface area contributed by atoms with Crippen LogP contribution in [0.5, 0.6) is 5.75 Å². The zero-order chi connectivity index (χ0) is 12.6. The molecule has 0 amide bonds. The Morgan fingerprint density at radius 1 is 0.706 bits per heavy atom. The predicted octanol–water partition coefficient (Wildman–Crippen LogP) is 3.62. The number of phenolic OH excluding ortho intramolecular Hbond substituents is 1. The topological polar surface area (TPSA) is 20.2 Å². The van der Waals surface area contributed by atoms with E-state index in [9.17, 15) is 17.6 Å². The van der Waals surface area contributed by atoms with Crippen LogP contribution in [-0.4, -0.2) is 5.11 Å². The van der Waals surface area contributed by atoms with Crippen molar-refractivity contribution < 1.29 is 22.7 Å². The minimum atomic E-state index is -1.23. The molecule has 0 unspecified atom stereocenters. The minimum Gasteiger partial charge on any atom is -0.508 e. The highest BCUT2D eigenvalue weighted by Gasteiger charge is 2.20. The predicted molar refractivity (Wildman–Crippen MR) is 53.4 cm³/mol. The van der Waals surface area contributed by atoms with Crippen LogP contribution in [0, 0.1) is 23.3 Å². The number of rotatable bonds is 1. The molecular formula is C12H6F4O. The summed E-state index contributed by atoms with van der Waals surface area (Å²) in [6, 6.07) is 4.05. The van der Waals surface area contributed by atoms with E-state index in [0.29, 0.717) is 12.1 Å². The Morgan fingerprint density at radius 2 is 1.12 bits per heavy atom. The molecule has 1 N–H and O–H groups in total. The van der Waals surface area contributed by atoms with Gasteiger partial charge < -0.3 is 5.11 Å². The minimum absolute atomic E-state index is 0.588. The van der Waals surface area contributed by atoms with Crippen LogP contribution in [0.15, 0.2) is 30.3 Å². The Morgan fingerprint density at radius 3 is 1.59 bits per heavy atom. The van der Waals surface area contributed by atoms with Crippen LogP contribution in [0.25, 0.3) is 11.1 Å². The van der Waals surface area contributed by atoms with Crippen molar-refractivity contribution in [2.75, 3.05) is 0 Å². The van der Waals surface area contributed by atoms with Crippen molar-refractivity contribution in [1.82, 2.24) is 0 Å². The van der Waals surface area contributed by atoms with Gasteiger partial charge in [-0.1, -0.05) is 6.07 Å². The average molecular weight is 242 g/mol. The summed E-state index contributed by atoms with van der Waals surface area (Å²) in [4.78, 5) is 0. The largest absolute Gasteiger partial charge is 0.508 e. The van der Waals surface area contributed by atoms with Crippen molar-refractivity contribution >= 4 is 0 Å². The zero-order valence-corrected chi connectivity index (χ0v) is 8.35. The van der Waals surface area contributed by atoms with Gasteiger partial charge in [0.2, 0.25) is 0 Å². The molecule has 88 valence electrons. The van der Waals surface area contributed by atoms with Crippen LogP contribution in [0.1, 0.15) is 0 Å². The monoisotopic (exact) mass is 242 g/mol. The Kier molecular flexibility index (Phi) is 2.75. The van der Waals surface area contributed by atoms with E-state index in [0.717, 1.165) is 18.2 Å². The normalized spacial score (nSPS) is 10.6. The number of halogens is 4. The molecule has 2 rings (SSSR count). The van der Waals surface area contributed by atoms with Crippen molar-refractivity contribution in [3.05, 3.63) is 53.6 Å². The van der Waals surface area contributed by atoms with E-state index in [1.807, 2.05) is 0 Å². The summed E-state index contributed by atoms with van der Waals surface area (Å²) in [7, 11) is 0. The Bertz CT molecular complexity index is 537. The molecule has 0 saturated heterocycles. The average Bonchev–Trinajstić information content (AvgIpc) is 2.21. The summed E-state index contributed by atoms with van der Waals surface area (Å²) < 4.78 is 53.6. The molecule has 0 atom stereocenters. The highest BCUT2D eigenvalue weighted by Crippen LogP contribution is 2.32. The van der Waals surface area contributed by atoms with Crippen LogP contribution in [-0.2, 0) is 0 Å². The maximum absolute atomic E-state index is 13.4. The van der Waals surface area contributed by atoms with Gasteiger partial charge >= 0.3 is 0 Å². The lowest BCUT2D eigenvalue weighted by atomic mass is 10.0. The third-order valence-electron chi connectivity index (χ3n) is 2.24. The first-order valence-electron chi connectivity index (χ1n) is 4.63. The molecule has 2 aromatic rings. The second-order valence-electron chi connectivity index (χ2n) is 3.38. The van der Waals surface area contributed by atoms with Gasteiger partial charge in [-0.25, -0.2) is 17.6 Å². The molecule has 0 aliphatic carbocycles. The molecule has 0 aliphatic rings. The molecule has 0 aliphatic heterocycles. The van der Waals surface area contributed by atoms with Crippen molar-refractivity contribution in [2.24, 2.45) is 0 Å². The molecule has 0 aromatic heterocycles. The number of aromatic hydroxyl groups is 1. The van der Waals surface area contributed by atoms with E-state index in [-0.39, 0.29) is 0 Å². The summed E-state index contributed by atoms with van der Waals surface area (Å²) in [5, 5.41) is 8.94. The van der Waals surface area contributed by atoms with Gasteiger partial charge in [0.1, 0.15) is 29.0 Å². The summed E-state index contributed by atoms with van der Waals surface area (Å²) in [6.45, 7) is 0. The fraction of sp³-hybridized carbons (Fsp3) is 0. The van der Waals surface area contributed by atoms with E-state index in [2.05, 4.69) is 0 Å². The molecule has 0 heterocycles. The molecule has 0 radical (unpaired) electrons. The quantitative estimate of drug-likeness (QED) is 0.757. The molecular weight excluding hydrogens is 236 g/mol. The lowest BCUT2D eigenvalue weighted by Crippen LogP contribution is -1.96. The molecule has 0 bridgehead atoms. The highest BCUT2D eigenvalue weighted by molar-refractivity contribution is 5.67. The van der Waals surface area contributed by atoms with Gasteiger partial charge in [-0.3, -0.25) is 0 Å². The third kappa shape index (κ3) is 1.95. The Hall–Kier alpha value is -2.04. The van der Waals surface area contributed by atoms with Crippen LogP contribution in [0.3, 0.4) is 0 Å². The van der Waals surface area contributed by atoms with Gasteiger partial charge in [-0.05, 0) is 12.1 Å². The van der Waals surface area contributed by atoms with E-state index >= 15 is 0 Å². The second-order valence-corrected chi connectivity index (χ2v) is 3.38. The lowest BCUT2D eigenvalue weighted by molar-refractivity contribution is 0.460. The molecule has 0 saturated carbocycles. The highest BCUT2D eigenvalue weighted by atomic mass is 19.1. The van der Waals surface area contributed by atoms with Gasteiger partial charge in [0.05, 0.1) is 11.1 Å². The maximum Gasteiger partial charge on any atom is 0.137 e. The molecule has 0 spiro atoms. The maximum atomic E-state index is 13.4. The zero-order valence-electron chi connectivity index (χ0n) is 8.35. The smallest absolute Gasteiger partial charge is 0.137 e. The first-order chi connectivity index (χ1) is 8.00. The van der Waals surface area contributed by atoms with Crippen LogP contribution in [0.4, 0.5) is 17.6 Å². The molecule has 0 fully saturated rings. The van der Waals surface area contributed by atoms with Gasteiger partial charge in [-0.2, -0.15) is 0 Å². The van der Waals surface area contributed by atoms with Crippen molar-refractivity contribution in [3.8, 4) is 16.9 Å². The first-order valence-corrected chi connectivity index (χ1v) is 4.63. The van der Waals surface area contributed by atoms with Crippen molar-refractivity contribution in [3.63, 3.8) is 0 Å². The van der Waals surface area contributed by atoms with E-state index in [1.54, 1.807) is 0 Å². The fourth-order valence-electron chi connectivity index (χ4n) is 1.54. The number of hydrogen-bond donors (Lipinski definition) is 1. The summed E-state index contributed by atoms with van der Waals surface area (Å²) in [5.41, 5.74) is -1.62. The van der Waals surface area contributed by atoms with Crippen molar-refractivity contribution in [2.45, 2.75) is 0 Å². The standard InChI is InChI=1S/C12H6F4O/c13-7-2-1-3-8(14)11(7)12-9(15)4-6(17)5-10(12)16/h1-5,17H. The SMILES string of the molecule is Oc1cc(F)c(-c2c(F)cccc2F)c(F)c1.